The van der Waals surface area contributed by atoms with Crippen LogP contribution in [0.25, 0.3) is 0 Å². The molecular weight excluding hydrogens is 160 g/mol. The minimum absolute atomic E-state index is 0.120. The highest BCUT2D eigenvalue weighted by Crippen LogP contribution is 2.42. The van der Waals surface area contributed by atoms with Gasteiger partial charge in [0.25, 0.3) is 0 Å². The Labute approximate surface area is 81.2 Å². The summed E-state index contributed by atoms with van der Waals surface area (Å²) in [4.78, 5) is 11.4. The molecule has 1 fully saturated rings. The summed E-state index contributed by atoms with van der Waals surface area (Å²) in [6.45, 7) is 7.98. The minimum atomic E-state index is -0.120. The molecule has 0 heterocycles. The quantitative estimate of drug-likeness (QED) is 0.596. The first-order chi connectivity index (χ1) is 5.98. The van der Waals surface area contributed by atoms with E-state index in [4.69, 9.17) is 0 Å². The van der Waals surface area contributed by atoms with E-state index in [-0.39, 0.29) is 5.41 Å². The van der Waals surface area contributed by atoms with Crippen LogP contribution in [0.4, 0.5) is 0 Å². The van der Waals surface area contributed by atoms with Gasteiger partial charge in [0.1, 0.15) is 5.78 Å². The van der Waals surface area contributed by atoms with Crippen molar-refractivity contribution in [1.82, 2.24) is 0 Å². The fraction of sp³-hybridized carbons (Fsp3) is 0.750. The molecule has 1 atom stereocenters. The van der Waals surface area contributed by atoms with E-state index in [1.54, 1.807) is 6.92 Å². The molecule has 0 bridgehead atoms. The Hall–Kier alpha value is -0.590. The van der Waals surface area contributed by atoms with E-state index in [1.807, 2.05) is 0 Å². The summed E-state index contributed by atoms with van der Waals surface area (Å²) in [5.41, 5.74) is 1.41. The van der Waals surface area contributed by atoms with Crippen molar-refractivity contribution in [2.75, 3.05) is 0 Å². The van der Waals surface area contributed by atoms with Gasteiger partial charge in [0.15, 0.2) is 0 Å². The molecule has 0 spiro atoms. The van der Waals surface area contributed by atoms with Crippen molar-refractivity contribution in [3.63, 3.8) is 0 Å². The van der Waals surface area contributed by atoms with Gasteiger partial charge in [-0.05, 0) is 39.0 Å². The third-order valence-corrected chi connectivity index (χ3v) is 3.66. The van der Waals surface area contributed by atoms with Crippen LogP contribution in [-0.2, 0) is 4.79 Å². The van der Waals surface area contributed by atoms with Gasteiger partial charge in [0, 0.05) is 5.41 Å². The van der Waals surface area contributed by atoms with Crippen LogP contribution in [0.3, 0.4) is 0 Å². The highest BCUT2D eigenvalue weighted by Gasteiger charge is 2.36. The van der Waals surface area contributed by atoms with Crippen molar-refractivity contribution >= 4 is 5.78 Å². The minimum Gasteiger partial charge on any atom is -0.299 e. The Morgan fingerprint density at radius 1 is 1.54 bits per heavy atom. The van der Waals surface area contributed by atoms with E-state index in [0.717, 1.165) is 6.42 Å². The van der Waals surface area contributed by atoms with Gasteiger partial charge in [0.2, 0.25) is 0 Å². The molecule has 1 aliphatic carbocycles. The van der Waals surface area contributed by atoms with Crippen molar-refractivity contribution in [3.8, 4) is 0 Å². The molecule has 1 nitrogen and oxygen atoms in total. The molecule has 1 saturated carbocycles. The molecule has 0 unspecified atom stereocenters. The molecule has 1 rings (SSSR count). The number of carbonyl (C=O) groups is 1. The fourth-order valence-electron chi connectivity index (χ4n) is 2.05. The van der Waals surface area contributed by atoms with Gasteiger partial charge >= 0.3 is 0 Å². The average Bonchev–Trinajstić information content (AvgIpc) is 2.51. The van der Waals surface area contributed by atoms with Crippen molar-refractivity contribution in [2.45, 2.75) is 47.0 Å². The first-order valence-corrected chi connectivity index (χ1v) is 5.13. The van der Waals surface area contributed by atoms with Crippen molar-refractivity contribution in [1.29, 1.82) is 0 Å². The van der Waals surface area contributed by atoms with Crippen LogP contribution in [0.5, 0.6) is 0 Å². The number of ketones is 1. The Morgan fingerprint density at radius 2 is 2.15 bits per heavy atom. The fourth-order valence-corrected chi connectivity index (χ4v) is 2.05. The van der Waals surface area contributed by atoms with Gasteiger partial charge in [0.05, 0.1) is 0 Å². The topological polar surface area (TPSA) is 17.1 Å². The predicted octanol–water partition coefficient (Wildman–Crippen LogP) is 3.35. The second-order valence-electron chi connectivity index (χ2n) is 4.66. The highest BCUT2D eigenvalue weighted by molar-refractivity contribution is 5.81. The van der Waals surface area contributed by atoms with Crippen LogP contribution >= 0.6 is 0 Å². The molecule has 0 aliphatic heterocycles. The Kier molecular flexibility index (Phi) is 2.94. The molecule has 1 heteroatoms. The largest absolute Gasteiger partial charge is 0.299 e. The van der Waals surface area contributed by atoms with E-state index in [9.17, 15) is 4.79 Å². The van der Waals surface area contributed by atoms with Crippen LogP contribution in [0, 0.1) is 11.3 Å². The number of carbonyl (C=O) groups excluding carboxylic acids is 1. The molecule has 1 aliphatic rings. The Morgan fingerprint density at radius 3 is 2.54 bits per heavy atom. The van der Waals surface area contributed by atoms with Crippen LogP contribution in [0.2, 0.25) is 0 Å². The van der Waals surface area contributed by atoms with E-state index < -0.39 is 0 Å². The second-order valence-corrected chi connectivity index (χ2v) is 4.66. The zero-order chi connectivity index (χ0) is 10.1. The number of rotatable bonds is 2. The smallest absolute Gasteiger partial charge is 0.135 e. The summed E-state index contributed by atoms with van der Waals surface area (Å²) in [5, 5.41) is 0. The third-order valence-electron chi connectivity index (χ3n) is 3.66. The molecule has 0 saturated heterocycles. The molecule has 74 valence electrons. The van der Waals surface area contributed by atoms with Gasteiger partial charge in [-0.25, -0.2) is 0 Å². The highest BCUT2D eigenvalue weighted by atomic mass is 16.1. The third kappa shape index (κ3) is 2.01. The van der Waals surface area contributed by atoms with Crippen LogP contribution < -0.4 is 0 Å². The van der Waals surface area contributed by atoms with Gasteiger partial charge in [-0.15, -0.1) is 0 Å². The number of Topliss-reactive ketones (excluding diaryl/α,β-unsaturated/α-hetero) is 1. The van der Waals surface area contributed by atoms with Gasteiger partial charge < -0.3 is 0 Å². The van der Waals surface area contributed by atoms with E-state index >= 15 is 0 Å². The molecule has 0 aromatic rings. The van der Waals surface area contributed by atoms with Gasteiger partial charge in [-0.3, -0.25) is 4.79 Å². The van der Waals surface area contributed by atoms with Crippen molar-refractivity contribution in [2.24, 2.45) is 11.3 Å². The monoisotopic (exact) mass is 180 g/mol. The number of allylic oxidation sites excluding steroid dienone is 2. The normalized spacial score (nSPS) is 26.8. The molecular formula is C12H20O. The van der Waals surface area contributed by atoms with Crippen LogP contribution in [0.1, 0.15) is 47.0 Å². The number of hydrogen-bond donors (Lipinski definition) is 0. The van der Waals surface area contributed by atoms with Crippen LogP contribution in [0.15, 0.2) is 11.6 Å². The molecule has 0 N–H and O–H groups in total. The van der Waals surface area contributed by atoms with E-state index in [2.05, 4.69) is 26.8 Å². The average molecular weight is 180 g/mol. The molecule has 0 aromatic carbocycles. The lowest BCUT2D eigenvalue weighted by atomic mass is 9.75. The maximum atomic E-state index is 11.4. The molecule has 0 radical (unpaired) electrons. The summed E-state index contributed by atoms with van der Waals surface area (Å²) < 4.78 is 0. The van der Waals surface area contributed by atoms with E-state index in [0.29, 0.717) is 11.7 Å². The van der Waals surface area contributed by atoms with Crippen molar-refractivity contribution in [3.05, 3.63) is 11.6 Å². The van der Waals surface area contributed by atoms with Crippen molar-refractivity contribution < 1.29 is 4.79 Å². The van der Waals surface area contributed by atoms with E-state index in [1.165, 1.54) is 18.4 Å². The molecule has 0 amide bonds. The second kappa shape index (κ2) is 3.65. The summed E-state index contributed by atoms with van der Waals surface area (Å²) in [7, 11) is 0. The lowest BCUT2D eigenvalue weighted by molar-refractivity contribution is -0.127. The molecule has 13 heavy (non-hydrogen) atoms. The SMILES string of the molecule is CC=C1CC[C@@H](C(C)(C)C(C)=O)C1. The van der Waals surface area contributed by atoms with Gasteiger partial charge in [-0.1, -0.05) is 25.5 Å². The maximum Gasteiger partial charge on any atom is 0.135 e. The maximum absolute atomic E-state index is 11.4. The summed E-state index contributed by atoms with van der Waals surface area (Å²) in [6.07, 6.45) is 5.71. The molecule has 0 aromatic heterocycles. The first kappa shape index (κ1) is 10.5. The summed E-state index contributed by atoms with van der Waals surface area (Å²) >= 11 is 0. The van der Waals surface area contributed by atoms with Gasteiger partial charge in [-0.2, -0.15) is 0 Å². The Balaban J connectivity index is 2.70. The van der Waals surface area contributed by atoms with Crippen LogP contribution in [-0.4, -0.2) is 5.78 Å². The number of hydrogen-bond acceptors (Lipinski definition) is 1. The summed E-state index contributed by atoms with van der Waals surface area (Å²) in [5.74, 6) is 0.894. The zero-order valence-electron chi connectivity index (χ0n) is 9.18. The first-order valence-electron chi connectivity index (χ1n) is 5.13. The standard InChI is InChI=1S/C12H20O/c1-5-10-6-7-11(8-10)12(3,4)9(2)13/h5,11H,6-8H2,1-4H3/t11-/m1/s1. The lowest BCUT2D eigenvalue weighted by Gasteiger charge is -2.28. The lowest BCUT2D eigenvalue weighted by Crippen LogP contribution is -2.29. The zero-order valence-corrected chi connectivity index (χ0v) is 9.18. The predicted molar refractivity (Wildman–Crippen MR) is 55.6 cm³/mol. The Bertz CT molecular complexity index is 236. The summed E-state index contributed by atoms with van der Waals surface area (Å²) in [6, 6.07) is 0.